The molecule has 1 aromatic carbocycles. The SMILES string of the molecule is COC(=O)c1ccccc1NC(=S)N1CCCCC1CO. The van der Waals surface area contributed by atoms with Gasteiger partial charge in [-0.25, -0.2) is 4.79 Å². The fourth-order valence-electron chi connectivity index (χ4n) is 2.52. The summed E-state index contributed by atoms with van der Waals surface area (Å²) in [5.74, 6) is -0.404. The zero-order valence-corrected chi connectivity index (χ0v) is 12.9. The summed E-state index contributed by atoms with van der Waals surface area (Å²) in [5, 5.41) is 13.1. The molecule has 0 saturated carbocycles. The standard InChI is InChI=1S/C15H20N2O3S/c1-20-14(19)12-7-2-3-8-13(12)16-15(21)17-9-5-4-6-11(17)10-18/h2-3,7-8,11,18H,4-6,9-10H2,1H3,(H,16,21). The minimum Gasteiger partial charge on any atom is -0.465 e. The van der Waals surface area contributed by atoms with Gasteiger partial charge in [-0.3, -0.25) is 0 Å². The van der Waals surface area contributed by atoms with Gasteiger partial charge in [0.15, 0.2) is 5.11 Å². The normalized spacial score (nSPS) is 18.2. The van der Waals surface area contributed by atoms with Crippen molar-refractivity contribution in [3.05, 3.63) is 29.8 Å². The molecular weight excluding hydrogens is 288 g/mol. The van der Waals surface area contributed by atoms with Gasteiger partial charge < -0.3 is 20.1 Å². The van der Waals surface area contributed by atoms with Crippen molar-refractivity contribution in [2.75, 3.05) is 25.6 Å². The summed E-state index contributed by atoms with van der Waals surface area (Å²) in [5.41, 5.74) is 1.07. The average molecular weight is 308 g/mol. The molecule has 114 valence electrons. The molecule has 0 bridgehead atoms. The molecule has 0 aromatic heterocycles. The van der Waals surface area contributed by atoms with E-state index in [1.165, 1.54) is 7.11 Å². The Morgan fingerprint density at radius 2 is 2.24 bits per heavy atom. The summed E-state index contributed by atoms with van der Waals surface area (Å²) in [6.07, 6.45) is 3.08. The van der Waals surface area contributed by atoms with Crippen LogP contribution in [0.2, 0.25) is 0 Å². The van der Waals surface area contributed by atoms with Gasteiger partial charge in [0.05, 0.1) is 31.0 Å². The first-order chi connectivity index (χ1) is 10.2. The Labute approximate surface area is 129 Å². The number of carbonyl (C=O) groups is 1. The van der Waals surface area contributed by atoms with Crippen molar-refractivity contribution in [2.45, 2.75) is 25.3 Å². The number of hydrogen-bond acceptors (Lipinski definition) is 4. The number of esters is 1. The number of piperidine rings is 1. The van der Waals surface area contributed by atoms with Crippen molar-refractivity contribution in [2.24, 2.45) is 0 Å². The number of aliphatic hydroxyl groups excluding tert-OH is 1. The lowest BCUT2D eigenvalue weighted by Gasteiger charge is -2.36. The highest BCUT2D eigenvalue weighted by molar-refractivity contribution is 7.80. The molecule has 1 saturated heterocycles. The molecule has 0 aliphatic carbocycles. The van der Waals surface area contributed by atoms with Gasteiger partial charge in [-0.05, 0) is 43.6 Å². The summed E-state index contributed by atoms with van der Waals surface area (Å²) in [7, 11) is 1.35. The Hall–Kier alpha value is -1.66. The highest BCUT2D eigenvalue weighted by atomic mass is 32.1. The Morgan fingerprint density at radius 3 is 2.95 bits per heavy atom. The first-order valence-corrected chi connectivity index (χ1v) is 7.44. The number of para-hydroxylation sites is 1. The molecule has 2 rings (SSSR count). The number of likely N-dealkylation sites (tertiary alicyclic amines) is 1. The van der Waals surface area contributed by atoms with Crippen molar-refractivity contribution in [3.8, 4) is 0 Å². The zero-order chi connectivity index (χ0) is 15.2. The number of benzene rings is 1. The Kier molecular flexibility index (Phi) is 5.52. The summed E-state index contributed by atoms with van der Waals surface area (Å²) in [4.78, 5) is 13.7. The first-order valence-electron chi connectivity index (χ1n) is 7.03. The number of hydrogen-bond donors (Lipinski definition) is 2. The molecule has 1 aromatic rings. The minimum atomic E-state index is -0.404. The van der Waals surface area contributed by atoms with E-state index >= 15 is 0 Å². The molecule has 1 aliphatic rings. The lowest BCUT2D eigenvalue weighted by molar-refractivity contribution is 0.0602. The second kappa shape index (κ2) is 7.38. The van der Waals surface area contributed by atoms with E-state index in [9.17, 15) is 9.90 Å². The second-order valence-electron chi connectivity index (χ2n) is 4.99. The van der Waals surface area contributed by atoms with Crippen molar-refractivity contribution in [1.82, 2.24) is 4.90 Å². The van der Waals surface area contributed by atoms with Crippen LogP contribution in [0.5, 0.6) is 0 Å². The predicted molar refractivity (Wildman–Crippen MR) is 85.4 cm³/mol. The summed E-state index contributed by atoms with van der Waals surface area (Å²) in [6.45, 7) is 0.901. The van der Waals surface area contributed by atoms with Crippen LogP contribution >= 0.6 is 12.2 Å². The quantitative estimate of drug-likeness (QED) is 0.658. The van der Waals surface area contributed by atoms with E-state index in [1.54, 1.807) is 18.2 Å². The Morgan fingerprint density at radius 1 is 1.48 bits per heavy atom. The van der Waals surface area contributed by atoms with Crippen molar-refractivity contribution >= 4 is 29.0 Å². The van der Waals surface area contributed by atoms with Crippen LogP contribution in [0, 0.1) is 0 Å². The van der Waals surface area contributed by atoms with Gasteiger partial charge in [0.2, 0.25) is 0 Å². The van der Waals surface area contributed by atoms with Gasteiger partial charge in [-0.1, -0.05) is 12.1 Å². The van der Waals surface area contributed by atoms with E-state index in [0.717, 1.165) is 25.8 Å². The highest BCUT2D eigenvalue weighted by Crippen LogP contribution is 2.21. The predicted octanol–water partition coefficient (Wildman–Crippen LogP) is 2.02. The molecule has 0 spiro atoms. The molecular formula is C15H20N2O3S. The zero-order valence-electron chi connectivity index (χ0n) is 12.0. The molecule has 0 amide bonds. The maximum atomic E-state index is 11.8. The van der Waals surface area contributed by atoms with Gasteiger partial charge in [-0.2, -0.15) is 0 Å². The van der Waals surface area contributed by atoms with E-state index in [4.69, 9.17) is 17.0 Å². The van der Waals surface area contributed by atoms with Gasteiger partial charge in [0.25, 0.3) is 0 Å². The number of rotatable bonds is 3. The molecule has 0 radical (unpaired) electrons. The number of ether oxygens (including phenoxy) is 1. The van der Waals surface area contributed by atoms with E-state index in [-0.39, 0.29) is 12.6 Å². The maximum absolute atomic E-state index is 11.8. The van der Waals surface area contributed by atoms with Crippen LogP contribution in [0.15, 0.2) is 24.3 Å². The number of methoxy groups -OCH3 is 1. The number of nitrogens with zero attached hydrogens (tertiary/aromatic N) is 1. The molecule has 1 atom stereocenters. The third-order valence-electron chi connectivity index (χ3n) is 3.67. The maximum Gasteiger partial charge on any atom is 0.339 e. The van der Waals surface area contributed by atoms with Crippen LogP contribution in [-0.4, -0.2) is 47.4 Å². The fraction of sp³-hybridized carbons (Fsp3) is 0.467. The molecule has 1 unspecified atom stereocenters. The van der Waals surface area contributed by atoms with E-state index in [2.05, 4.69) is 5.32 Å². The first kappa shape index (κ1) is 15.7. The number of carbonyl (C=O) groups excluding carboxylic acids is 1. The van der Waals surface area contributed by atoms with Gasteiger partial charge in [0, 0.05) is 6.54 Å². The third kappa shape index (κ3) is 3.71. The van der Waals surface area contributed by atoms with Gasteiger partial charge >= 0.3 is 5.97 Å². The number of aliphatic hydroxyl groups is 1. The van der Waals surface area contributed by atoms with Crippen molar-refractivity contribution in [1.29, 1.82) is 0 Å². The molecule has 1 aliphatic heterocycles. The molecule has 5 nitrogen and oxygen atoms in total. The fourth-order valence-corrected chi connectivity index (χ4v) is 2.88. The van der Waals surface area contributed by atoms with Crippen LogP contribution in [0.1, 0.15) is 29.6 Å². The Balaban J connectivity index is 2.14. The second-order valence-corrected chi connectivity index (χ2v) is 5.38. The van der Waals surface area contributed by atoms with Gasteiger partial charge in [0.1, 0.15) is 0 Å². The van der Waals surface area contributed by atoms with Crippen LogP contribution in [0.25, 0.3) is 0 Å². The van der Waals surface area contributed by atoms with Crippen molar-refractivity contribution < 1.29 is 14.6 Å². The number of thiocarbonyl (C=S) groups is 1. The Bertz CT molecular complexity index is 521. The largest absolute Gasteiger partial charge is 0.465 e. The number of nitrogens with one attached hydrogen (secondary N) is 1. The monoisotopic (exact) mass is 308 g/mol. The van der Waals surface area contributed by atoms with E-state index < -0.39 is 5.97 Å². The van der Waals surface area contributed by atoms with E-state index in [1.807, 2.05) is 11.0 Å². The van der Waals surface area contributed by atoms with Crippen LogP contribution in [-0.2, 0) is 4.74 Å². The molecule has 1 heterocycles. The lowest BCUT2D eigenvalue weighted by Crippen LogP contribution is -2.47. The van der Waals surface area contributed by atoms with Gasteiger partial charge in [-0.15, -0.1) is 0 Å². The molecule has 2 N–H and O–H groups in total. The van der Waals surface area contributed by atoms with E-state index in [0.29, 0.717) is 16.4 Å². The van der Waals surface area contributed by atoms with Crippen LogP contribution in [0.4, 0.5) is 5.69 Å². The summed E-state index contributed by atoms with van der Waals surface area (Å²) >= 11 is 5.43. The highest BCUT2D eigenvalue weighted by Gasteiger charge is 2.24. The average Bonchev–Trinajstić information content (AvgIpc) is 2.54. The molecule has 6 heteroatoms. The summed E-state index contributed by atoms with van der Waals surface area (Å²) in [6, 6.07) is 7.13. The minimum absolute atomic E-state index is 0.0454. The molecule has 21 heavy (non-hydrogen) atoms. The van der Waals surface area contributed by atoms with Crippen molar-refractivity contribution in [3.63, 3.8) is 0 Å². The molecule has 1 fully saturated rings. The topological polar surface area (TPSA) is 61.8 Å². The lowest BCUT2D eigenvalue weighted by atomic mass is 10.0. The summed E-state index contributed by atoms with van der Waals surface area (Å²) < 4.78 is 4.77. The smallest absolute Gasteiger partial charge is 0.339 e. The number of anilines is 1. The van der Waals surface area contributed by atoms with Crippen LogP contribution < -0.4 is 5.32 Å². The van der Waals surface area contributed by atoms with Crippen LogP contribution in [0.3, 0.4) is 0 Å². The third-order valence-corrected chi connectivity index (χ3v) is 4.01.